The van der Waals surface area contributed by atoms with Gasteiger partial charge in [0, 0.05) is 31.7 Å². The number of methoxy groups -OCH3 is 1. The number of thiocarbonyl (C=S) groups is 1. The first-order valence-corrected chi connectivity index (χ1v) is 10.8. The number of esters is 1. The Morgan fingerprint density at radius 3 is 2.69 bits per heavy atom. The van der Waals surface area contributed by atoms with Crippen LogP contribution in [0.25, 0.3) is 0 Å². The molecule has 0 aliphatic carbocycles. The zero-order chi connectivity index (χ0) is 22.6. The van der Waals surface area contributed by atoms with Gasteiger partial charge in [-0.3, -0.25) is 10.3 Å². The van der Waals surface area contributed by atoms with Crippen LogP contribution in [0, 0.1) is 0 Å². The summed E-state index contributed by atoms with van der Waals surface area (Å²) in [6.45, 7) is 5.49. The summed E-state index contributed by atoms with van der Waals surface area (Å²) in [5, 5.41) is 7.84. The van der Waals surface area contributed by atoms with Gasteiger partial charge in [-0.2, -0.15) is 5.10 Å². The van der Waals surface area contributed by atoms with Crippen molar-refractivity contribution < 1.29 is 19.0 Å². The smallest absolute Gasteiger partial charge is 0.337 e. The highest BCUT2D eigenvalue weighted by Gasteiger charge is 2.09. The largest absolute Gasteiger partial charge is 0.488 e. The molecule has 1 saturated heterocycles. The maximum atomic E-state index is 11.5. The number of carbonyl (C=O) groups is 1. The maximum absolute atomic E-state index is 11.5. The van der Waals surface area contributed by atoms with E-state index in [0.29, 0.717) is 23.0 Å². The Kier molecular flexibility index (Phi) is 9.42. The lowest BCUT2D eigenvalue weighted by Gasteiger charge is -2.26. The van der Waals surface area contributed by atoms with E-state index >= 15 is 0 Å². The summed E-state index contributed by atoms with van der Waals surface area (Å²) in [6.07, 6.45) is 1.67. The van der Waals surface area contributed by atoms with Crippen molar-refractivity contribution in [2.24, 2.45) is 5.10 Å². The van der Waals surface area contributed by atoms with Crippen LogP contribution < -0.4 is 15.5 Å². The number of morpholine rings is 1. The molecule has 2 aromatic carbocycles. The van der Waals surface area contributed by atoms with Crippen LogP contribution in [0.2, 0.25) is 0 Å². The Labute approximate surface area is 193 Å². The van der Waals surface area contributed by atoms with Crippen molar-refractivity contribution in [2.45, 2.75) is 6.61 Å². The Morgan fingerprint density at radius 2 is 1.94 bits per heavy atom. The lowest BCUT2D eigenvalue weighted by Crippen LogP contribution is -2.42. The van der Waals surface area contributed by atoms with Crippen LogP contribution in [-0.2, 0) is 16.1 Å². The molecule has 1 heterocycles. The van der Waals surface area contributed by atoms with Crippen LogP contribution in [0.5, 0.6) is 5.75 Å². The second kappa shape index (κ2) is 12.7. The van der Waals surface area contributed by atoms with Crippen molar-refractivity contribution in [2.75, 3.05) is 46.5 Å². The number of hydrogen-bond acceptors (Lipinski definition) is 7. The number of ether oxygens (including phenoxy) is 3. The molecule has 3 rings (SSSR count). The third-order valence-electron chi connectivity index (χ3n) is 4.88. The molecule has 1 aliphatic heterocycles. The molecular formula is C23H28N4O4S. The van der Waals surface area contributed by atoms with Crippen molar-refractivity contribution in [1.82, 2.24) is 15.6 Å². The third kappa shape index (κ3) is 7.60. The molecule has 0 amide bonds. The number of rotatable bonds is 9. The zero-order valence-electron chi connectivity index (χ0n) is 18.1. The number of carbonyl (C=O) groups excluding carboxylic acids is 1. The van der Waals surface area contributed by atoms with E-state index in [1.807, 2.05) is 36.4 Å². The summed E-state index contributed by atoms with van der Waals surface area (Å²) in [4.78, 5) is 13.9. The summed E-state index contributed by atoms with van der Waals surface area (Å²) >= 11 is 5.28. The van der Waals surface area contributed by atoms with Crippen molar-refractivity contribution in [3.63, 3.8) is 0 Å². The molecule has 8 nitrogen and oxygen atoms in total. The highest BCUT2D eigenvalue weighted by molar-refractivity contribution is 7.80. The Balaban J connectivity index is 1.45. The fraction of sp³-hybridized carbons (Fsp3) is 0.348. The summed E-state index contributed by atoms with van der Waals surface area (Å²) in [5.41, 5.74) is 5.10. The molecule has 1 aliphatic rings. The molecule has 0 aromatic heterocycles. The number of nitrogens with one attached hydrogen (secondary N) is 2. The molecular weight excluding hydrogens is 428 g/mol. The average molecular weight is 457 g/mol. The van der Waals surface area contributed by atoms with Crippen LogP contribution in [0.3, 0.4) is 0 Å². The van der Waals surface area contributed by atoms with E-state index in [4.69, 9.17) is 26.4 Å². The second-order valence-corrected chi connectivity index (χ2v) is 7.50. The van der Waals surface area contributed by atoms with Gasteiger partial charge in [-0.05, 0) is 42.0 Å². The van der Waals surface area contributed by atoms with Crippen LogP contribution >= 0.6 is 12.2 Å². The van der Waals surface area contributed by atoms with Gasteiger partial charge in [0.25, 0.3) is 0 Å². The zero-order valence-corrected chi connectivity index (χ0v) is 18.9. The third-order valence-corrected chi connectivity index (χ3v) is 5.11. The minimum Gasteiger partial charge on any atom is -0.488 e. The summed E-state index contributed by atoms with van der Waals surface area (Å²) in [6, 6.07) is 14.7. The Hall–Kier alpha value is -3.01. The minimum atomic E-state index is -0.361. The molecule has 0 saturated carbocycles. The predicted octanol–water partition coefficient (Wildman–Crippen LogP) is 2.18. The van der Waals surface area contributed by atoms with Crippen LogP contribution in [0.15, 0.2) is 53.6 Å². The maximum Gasteiger partial charge on any atom is 0.337 e. The number of benzene rings is 2. The SMILES string of the molecule is COC(=O)c1ccc(COc2ccccc2/C=N/NC(=S)NCCN2CCOCC2)cc1. The van der Waals surface area contributed by atoms with Gasteiger partial charge in [-0.25, -0.2) is 4.79 Å². The highest BCUT2D eigenvalue weighted by atomic mass is 32.1. The molecule has 2 aromatic rings. The van der Waals surface area contributed by atoms with Gasteiger partial charge in [0.15, 0.2) is 5.11 Å². The molecule has 1 fully saturated rings. The first kappa shape index (κ1) is 23.6. The monoisotopic (exact) mass is 456 g/mol. The summed E-state index contributed by atoms with van der Waals surface area (Å²) in [7, 11) is 1.36. The van der Waals surface area contributed by atoms with E-state index in [0.717, 1.165) is 50.5 Å². The van der Waals surface area contributed by atoms with E-state index in [2.05, 4.69) is 20.7 Å². The van der Waals surface area contributed by atoms with E-state index < -0.39 is 0 Å². The van der Waals surface area contributed by atoms with Crippen molar-refractivity contribution in [3.05, 3.63) is 65.2 Å². The summed E-state index contributed by atoms with van der Waals surface area (Å²) in [5.74, 6) is 0.335. The predicted molar refractivity (Wildman–Crippen MR) is 127 cm³/mol. The quantitative estimate of drug-likeness (QED) is 0.257. The van der Waals surface area contributed by atoms with E-state index in [9.17, 15) is 4.79 Å². The second-order valence-electron chi connectivity index (χ2n) is 7.09. The molecule has 0 spiro atoms. The fourth-order valence-electron chi connectivity index (χ4n) is 3.09. The van der Waals surface area contributed by atoms with Gasteiger partial charge in [-0.15, -0.1) is 0 Å². The number of nitrogens with zero attached hydrogens (tertiary/aromatic N) is 2. The van der Waals surface area contributed by atoms with Crippen LogP contribution in [-0.4, -0.2) is 68.7 Å². The molecule has 2 N–H and O–H groups in total. The first-order chi connectivity index (χ1) is 15.7. The van der Waals surface area contributed by atoms with Gasteiger partial charge in [0.05, 0.1) is 32.1 Å². The van der Waals surface area contributed by atoms with Gasteiger partial charge in [0.2, 0.25) is 0 Å². The topological polar surface area (TPSA) is 84.4 Å². The van der Waals surface area contributed by atoms with Crippen molar-refractivity contribution in [1.29, 1.82) is 0 Å². The van der Waals surface area contributed by atoms with E-state index in [1.165, 1.54) is 7.11 Å². The van der Waals surface area contributed by atoms with Gasteiger partial charge < -0.3 is 19.5 Å². The fourth-order valence-corrected chi connectivity index (χ4v) is 3.24. The minimum absolute atomic E-state index is 0.361. The van der Waals surface area contributed by atoms with Gasteiger partial charge in [0.1, 0.15) is 12.4 Å². The van der Waals surface area contributed by atoms with Crippen molar-refractivity contribution >= 4 is 29.5 Å². The van der Waals surface area contributed by atoms with Crippen LogP contribution in [0.4, 0.5) is 0 Å². The molecule has 32 heavy (non-hydrogen) atoms. The molecule has 9 heteroatoms. The van der Waals surface area contributed by atoms with Crippen LogP contribution in [0.1, 0.15) is 21.5 Å². The molecule has 0 unspecified atom stereocenters. The van der Waals surface area contributed by atoms with Gasteiger partial charge in [-0.1, -0.05) is 24.3 Å². The summed E-state index contributed by atoms with van der Waals surface area (Å²) < 4.78 is 16.0. The normalized spacial score (nSPS) is 14.2. The molecule has 0 atom stereocenters. The van der Waals surface area contributed by atoms with E-state index in [-0.39, 0.29) is 5.97 Å². The Bertz CT molecular complexity index is 914. The standard InChI is InChI=1S/C23H28N4O4S/c1-29-22(28)19-8-6-18(7-9-19)17-31-21-5-3-2-4-20(21)16-25-26-23(32)24-10-11-27-12-14-30-15-13-27/h2-9,16H,10-15,17H2,1H3,(H2,24,26,32)/b25-16+. The molecule has 0 radical (unpaired) electrons. The molecule has 170 valence electrons. The molecule has 0 bridgehead atoms. The first-order valence-electron chi connectivity index (χ1n) is 10.4. The lowest BCUT2D eigenvalue weighted by atomic mass is 10.1. The lowest BCUT2D eigenvalue weighted by molar-refractivity contribution is 0.0389. The highest BCUT2D eigenvalue weighted by Crippen LogP contribution is 2.18. The average Bonchev–Trinajstić information content (AvgIpc) is 2.84. The van der Waals surface area contributed by atoms with Gasteiger partial charge >= 0.3 is 5.97 Å². The Morgan fingerprint density at radius 1 is 1.19 bits per heavy atom. The van der Waals surface area contributed by atoms with E-state index in [1.54, 1.807) is 18.3 Å². The van der Waals surface area contributed by atoms with Crippen molar-refractivity contribution in [3.8, 4) is 5.75 Å². The number of hydrazone groups is 1. The number of para-hydroxylation sites is 1. The number of hydrogen-bond donors (Lipinski definition) is 2.